The smallest absolute Gasteiger partial charge is 0.261 e. The van der Waals surface area contributed by atoms with Crippen LogP contribution in [0.3, 0.4) is 0 Å². The van der Waals surface area contributed by atoms with Crippen LogP contribution in [0.25, 0.3) is 0 Å². The molecule has 1 N–H and O–H groups in total. The van der Waals surface area contributed by atoms with Crippen molar-refractivity contribution in [2.45, 2.75) is 19.6 Å². The zero-order valence-corrected chi connectivity index (χ0v) is 19.4. The summed E-state index contributed by atoms with van der Waals surface area (Å²) < 4.78 is 15.4. The highest BCUT2D eigenvalue weighted by Gasteiger charge is 2.34. The number of pyridine rings is 1. The Balaban J connectivity index is 1.18. The number of halogens is 1. The van der Waals surface area contributed by atoms with Crippen LogP contribution in [0, 0.1) is 5.82 Å². The molecule has 3 amide bonds. The second-order valence-electron chi connectivity index (χ2n) is 8.64. The van der Waals surface area contributed by atoms with E-state index in [9.17, 15) is 18.8 Å². The van der Waals surface area contributed by atoms with E-state index in [1.165, 1.54) is 17.0 Å². The van der Waals surface area contributed by atoms with E-state index in [0.29, 0.717) is 29.8 Å². The number of fused-ring (bicyclic) bond motifs is 1. The van der Waals surface area contributed by atoms with Gasteiger partial charge in [0, 0.05) is 29.3 Å². The van der Waals surface area contributed by atoms with Gasteiger partial charge in [-0.15, -0.1) is 0 Å². The average Bonchev–Trinajstić information content (AvgIpc) is 3.13. The summed E-state index contributed by atoms with van der Waals surface area (Å²) in [5.41, 5.74) is 3.81. The van der Waals surface area contributed by atoms with Crippen molar-refractivity contribution in [3.63, 3.8) is 0 Å². The minimum atomic E-state index is -0.310. The van der Waals surface area contributed by atoms with E-state index in [1.807, 2.05) is 35.2 Å². The highest BCUT2D eigenvalue weighted by molar-refractivity contribution is 6.21. The number of carbonyl (C=O) groups is 3. The van der Waals surface area contributed by atoms with Crippen molar-refractivity contribution in [2.24, 2.45) is 0 Å². The number of hydrogen-bond acceptors (Lipinski definition) is 3. The van der Waals surface area contributed by atoms with Gasteiger partial charge in [-0.1, -0.05) is 36.4 Å². The first-order chi connectivity index (χ1) is 17.5. The Labute approximate surface area is 207 Å². The monoisotopic (exact) mass is 480 g/mol. The van der Waals surface area contributed by atoms with Gasteiger partial charge in [0.2, 0.25) is 0 Å². The quantitative estimate of drug-likeness (QED) is 0.322. The van der Waals surface area contributed by atoms with Gasteiger partial charge in [0.1, 0.15) is 5.82 Å². The van der Waals surface area contributed by atoms with Crippen LogP contribution in [0.2, 0.25) is 0 Å². The summed E-state index contributed by atoms with van der Waals surface area (Å²) >= 11 is 0. The third-order valence-electron chi connectivity index (χ3n) is 6.06. The summed E-state index contributed by atoms with van der Waals surface area (Å²) in [6.45, 7) is 0.997. The molecule has 1 aliphatic rings. The molecule has 2 heterocycles. The van der Waals surface area contributed by atoms with Crippen LogP contribution in [-0.2, 0) is 19.6 Å². The molecule has 1 aliphatic heterocycles. The SMILES string of the molecule is O=C(NCc1ccc[n+](Cc2cccc(F)c2)c1)c1ccc(CN2C(=O)c3ccccc3C2=O)cc1. The van der Waals surface area contributed by atoms with Gasteiger partial charge >= 0.3 is 0 Å². The van der Waals surface area contributed by atoms with Crippen molar-refractivity contribution in [1.29, 1.82) is 0 Å². The number of rotatable bonds is 7. The maximum absolute atomic E-state index is 13.4. The Morgan fingerprint density at radius 1 is 0.806 bits per heavy atom. The van der Waals surface area contributed by atoms with Gasteiger partial charge in [-0.05, 0) is 48.0 Å². The van der Waals surface area contributed by atoms with Crippen LogP contribution in [-0.4, -0.2) is 22.6 Å². The molecule has 0 fully saturated rings. The number of nitrogens with one attached hydrogen (secondary N) is 1. The standard InChI is InChI=1S/C29H22FN3O3/c30-24-7-3-5-21(15-24)17-32-14-4-6-22(18-32)16-31-27(34)23-12-10-20(11-13-23)19-33-28(35)25-8-1-2-9-26(25)29(33)36/h1-15,18H,16-17,19H2/p+1. The molecular weight excluding hydrogens is 457 g/mol. The summed E-state index contributed by atoms with van der Waals surface area (Å²) in [6, 6.07) is 23.9. The first-order valence-electron chi connectivity index (χ1n) is 11.5. The molecule has 6 nitrogen and oxygen atoms in total. The number of nitrogens with zero attached hydrogens (tertiary/aromatic N) is 2. The second kappa shape index (κ2) is 9.92. The predicted octanol–water partition coefficient (Wildman–Crippen LogP) is 3.89. The molecule has 36 heavy (non-hydrogen) atoms. The lowest BCUT2D eigenvalue weighted by molar-refractivity contribution is -0.688. The molecule has 0 bridgehead atoms. The van der Waals surface area contributed by atoms with E-state index in [1.54, 1.807) is 54.6 Å². The van der Waals surface area contributed by atoms with Crippen LogP contribution in [0.5, 0.6) is 0 Å². The molecule has 5 rings (SSSR count). The molecule has 0 unspecified atom stereocenters. The van der Waals surface area contributed by atoms with Gasteiger partial charge in [-0.3, -0.25) is 19.3 Å². The minimum Gasteiger partial charge on any atom is -0.348 e. The van der Waals surface area contributed by atoms with E-state index in [-0.39, 0.29) is 30.1 Å². The van der Waals surface area contributed by atoms with Gasteiger partial charge in [0.05, 0.1) is 17.7 Å². The predicted molar refractivity (Wildman–Crippen MR) is 130 cm³/mol. The van der Waals surface area contributed by atoms with E-state index < -0.39 is 0 Å². The number of benzene rings is 3. The van der Waals surface area contributed by atoms with Crippen molar-refractivity contribution in [1.82, 2.24) is 10.2 Å². The summed E-state index contributed by atoms with van der Waals surface area (Å²) in [5, 5.41) is 2.90. The van der Waals surface area contributed by atoms with Crippen molar-refractivity contribution in [3.05, 3.63) is 137 Å². The van der Waals surface area contributed by atoms with Gasteiger partial charge in [-0.2, -0.15) is 0 Å². The van der Waals surface area contributed by atoms with Gasteiger partial charge < -0.3 is 5.32 Å². The summed E-state index contributed by atoms with van der Waals surface area (Å²) in [7, 11) is 0. The molecule has 7 heteroatoms. The zero-order valence-electron chi connectivity index (χ0n) is 19.4. The molecule has 0 aliphatic carbocycles. The fourth-order valence-electron chi connectivity index (χ4n) is 4.24. The van der Waals surface area contributed by atoms with E-state index in [0.717, 1.165) is 16.7 Å². The molecule has 178 valence electrons. The Kier molecular flexibility index (Phi) is 6.36. The van der Waals surface area contributed by atoms with Crippen molar-refractivity contribution in [2.75, 3.05) is 0 Å². The van der Waals surface area contributed by atoms with Crippen molar-refractivity contribution < 1.29 is 23.3 Å². The lowest BCUT2D eigenvalue weighted by atomic mass is 10.1. The maximum atomic E-state index is 13.4. The van der Waals surface area contributed by atoms with E-state index in [4.69, 9.17) is 0 Å². The number of carbonyl (C=O) groups excluding carboxylic acids is 3. The van der Waals surface area contributed by atoms with Crippen molar-refractivity contribution in [3.8, 4) is 0 Å². The second-order valence-corrected chi connectivity index (χ2v) is 8.64. The van der Waals surface area contributed by atoms with Crippen LogP contribution in [0.1, 0.15) is 47.8 Å². The first-order valence-corrected chi connectivity index (χ1v) is 11.5. The van der Waals surface area contributed by atoms with Crippen LogP contribution < -0.4 is 9.88 Å². The van der Waals surface area contributed by atoms with Gasteiger partial charge in [-0.25, -0.2) is 8.96 Å². The highest BCUT2D eigenvalue weighted by atomic mass is 19.1. The van der Waals surface area contributed by atoms with Gasteiger partial charge in [0.25, 0.3) is 17.7 Å². The fraction of sp³-hybridized carbons (Fsp3) is 0.103. The average molecular weight is 481 g/mol. The topological polar surface area (TPSA) is 70.4 Å². The molecule has 0 radical (unpaired) electrons. The normalized spacial score (nSPS) is 12.5. The largest absolute Gasteiger partial charge is 0.348 e. The number of amides is 3. The van der Waals surface area contributed by atoms with Crippen LogP contribution in [0.4, 0.5) is 4.39 Å². The fourth-order valence-corrected chi connectivity index (χ4v) is 4.24. The van der Waals surface area contributed by atoms with E-state index >= 15 is 0 Å². The Morgan fingerprint density at radius 3 is 2.19 bits per heavy atom. The Bertz CT molecular complexity index is 1430. The van der Waals surface area contributed by atoms with Crippen LogP contribution in [0.15, 0.2) is 97.3 Å². The third kappa shape index (κ3) is 4.90. The molecule has 1 aromatic heterocycles. The molecule has 3 aromatic carbocycles. The lowest BCUT2D eigenvalue weighted by Gasteiger charge is -2.14. The molecule has 0 saturated heterocycles. The highest BCUT2D eigenvalue weighted by Crippen LogP contribution is 2.24. The summed E-state index contributed by atoms with van der Waals surface area (Å²) in [5.74, 6) is -1.13. The number of aromatic nitrogens is 1. The van der Waals surface area contributed by atoms with E-state index in [2.05, 4.69) is 5.32 Å². The first kappa shape index (κ1) is 23.1. The molecule has 4 aromatic rings. The third-order valence-corrected chi connectivity index (χ3v) is 6.06. The number of imide groups is 1. The van der Waals surface area contributed by atoms with Crippen molar-refractivity contribution >= 4 is 17.7 Å². The molecule has 0 spiro atoms. The molecular formula is C29H23FN3O3+. The molecule has 0 saturated carbocycles. The molecule has 0 atom stereocenters. The minimum absolute atomic E-state index is 0.142. The lowest BCUT2D eigenvalue weighted by Crippen LogP contribution is -2.34. The Hall–Kier alpha value is -4.65. The van der Waals surface area contributed by atoms with Gasteiger partial charge in [0.15, 0.2) is 18.9 Å². The summed E-state index contributed by atoms with van der Waals surface area (Å²) in [4.78, 5) is 39.0. The van der Waals surface area contributed by atoms with Crippen LogP contribution >= 0.6 is 0 Å². The zero-order chi connectivity index (χ0) is 25.1. The maximum Gasteiger partial charge on any atom is 0.261 e. The Morgan fingerprint density at radius 2 is 1.50 bits per heavy atom. The summed E-state index contributed by atoms with van der Waals surface area (Å²) in [6.07, 6.45) is 3.81. The number of hydrogen-bond donors (Lipinski definition) is 1.